The van der Waals surface area contributed by atoms with Crippen molar-refractivity contribution in [3.63, 3.8) is 0 Å². The maximum absolute atomic E-state index is 12.3. The minimum atomic E-state index is -0.170. The molecule has 3 rings (SSSR count). The van der Waals surface area contributed by atoms with Crippen molar-refractivity contribution in [3.8, 4) is 0 Å². The van der Waals surface area contributed by atoms with E-state index in [1.165, 1.54) is 0 Å². The first-order valence-corrected chi connectivity index (χ1v) is 9.93. The first-order valence-electron chi connectivity index (χ1n) is 9.93. The van der Waals surface area contributed by atoms with E-state index in [9.17, 15) is 9.90 Å². The molecule has 2 N–H and O–H groups in total. The Hall–Kier alpha value is -2.20. The van der Waals surface area contributed by atoms with Gasteiger partial charge in [-0.2, -0.15) is 0 Å². The van der Waals surface area contributed by atoms with Gasteiger partial charge < -0.3 is 10.4 Å². The van der Waals surface area contributed by atoms with Crippen LogP contribution in [0.25, 0.3) is 0 Å². The van der Waals surface area contributed by atoms with Crippen LogP contribution in [0, 0.1) is 23.7 Å². The quantitative estimate of drug-likeness (QED) is 0.473. The van der Waals surface area contributed by atoms with Gasteiger partial charge in [0.15, 0.2) is 0 Å². The summed E-state index contributed by atoms with van der Waals surface area (Å²) in [6.45, 7) is 4.55. The van der Waals surface area contributed by atoms with E-state index in [0.717, 1.165) is 24.8 Å². The maximum Gasteiger partial charge on any atom is 0.247 e. The second-order valence-electron chi connectivity index (χ2n) is 7.89. The number of hydrogen-bond donors (Lipinski definition) is 2. The molecule has 2 aliphatic carbocycles. The highest BCUT2D eigenvalue weighted by molar-refractivity contribution is 5.92. The number of pyridine rings is 1. The molecule has 1 heterocycles. The summed E-state index contributed by atoms with van der Waals surface area (Å²) in [7, 11) is 0. The van der Waals surface area contributed by atoms with Gasteiger partial charge in [0.2, 0.25) is 5.91 Å². The first-order chi connectivity index (χ1) is 13.0. The van der Waals surface area contributed by atoms with Crippen LogP contribution >= 0.6 is 0 Å². The van der Waals surface area contributed by atoms with Gasteiger partial charge in [0, 0.05) is 24.5 Å². The molecule has 0 bridgehead atoms. The summed E-state index contributed by atoms with van der Waals surface area (Å²) in [5, 5.41) is 13.0. The Morgan fingerprint density at radius 1 is 1.37 bits per heavy atom. The zero-order valence-corrected chi connectivity index (χ0v) is 16.2. The molecule has 0 aromatic carbocycles. The Morgan fingerprint density at radius 3 is 3.00 bits per heavy atom. The lowest BCUT2D eigenvalue weighted by atomic mass is 9.64. The van der Waals surface area contributed by atoms with Crippen LogP contribution in [0.5, 0.6) is 0 Å². The fourth-order valence-corrected chi connectivity index (χ4v) is 4.27. The maximum atomic E-state index is 12.3. The summed E-state index contributed by atoms with van der Waals surface area (Å²) in [4.78, 5) is 16.3. The minimum absolute atomic E-state index is 0.0638. The van der Waals surface area contributed by atoms with Crippen LogP contribution in [0.1, 0.15) is 38.7 Å². The van der Waals surface area contributed by atoms with E-state index in [0.29, 0.717) is 35.8 Å². The highest BCUT2D eigenvalue weighted by atomic mass is 16.3. The van der Waals surface area contributed by atoms with Gasteiger partial charge in [0.25, 0.3) is 0 Å². The number of nitrogens with one attached hydrogen (secondary N) is 1. The molecule has 1 aromatic rings. The summed E-state index contributed by atoms with van der Waals surface area (Å²) in [5.74, 6) is 1.88. The molecule has 0 radical (unpaired) electrons. The van der Waals surface area contributed by atoms with Gasteiger partial charge in [-0.15, -0.1) is 0 Å². The number of amides is 1. The zero-order chi connectivity index (χ0) is 19.2. The van der Waals surface area contributed by atoms with Crippen LogP contribution in [-0.2, 0) is 11.3 Å². The van der Waals surface area contributed by atoms with E-state index in [1.54, 1.807) is 12.4 Å². The first kappa shape index (κ1) is 19.6. The molecule has 2 aliphatic rings. The van der Waals surface area contributed by atoms with Crippen molar-refractivity contribution in [2.24, 2.45) is 23.7 Å². The van der Waals surface area contributed by atoms with Gasteiger partial charge >= 0.3 is 0 Å². The lowest BCUT2D eigenvalue weighted by Crippen LogP contribution is -2.36. The number of carbonyl (C=O) groups excluding carboxylic acids is 1. The standard InChI is InChI=1S/C23H30N2O2/c1-16-8-9-19-10-11-20(26)13-22(19)21(16)7-3-5-17(2)23(27)25-15-18-6-4-12-24-14-18/h3-9,12,14,16,19-22,26H,10-11,13,15H2,1-2H3,(H,25,27)/b7-3+,17-5+/t16-,19-,20-,21-,22-/m0/s1. The van der Waals surface area contributed by atoms with E-state index >= 15 is 0 Å². The van der Waals surface area contributed by atoms with Crippen LogP contribution in [0.3, 0.4) is 0 Å². The van der Waals surface area contributed by atoms with E-state index in [1.807, 2.05) is 31.2 Å². The third-order valence-electron chi connectivity index (χ3n) is 5.90. The molecule has 0 unspecified atom stereocenters. The van der Waals surface area contributed by atoms with Crippen LogP contribution in [-0.4, -0.2) is 22.1 Å². The van der Waals surface area contributed by atoms with Crippen LogP contribution in [0.4, 0.5) is 0 Å². The molecule has 1 fully saturated rings. The van der Waals surface area contributed by atoms with E-state index in [4.69, 9.17) is 0 Å². The Balaban J connectivity index is 1.58. The summed E-state index contributed by atoms with van der Waals surface area (Å²) < 4.78 is 0. The number of hydrogen-bond acceptors (Lipinski definition) is 3. The molecule has 0 saturated heterocycles. The molecule has 4 nitrogen and oxygen atoms in total. The molecule has 4 heteroatoms. The van der Waals surface area contributed by atoms with Gasteiger partial charge in [0.1, 0.15) is 0 Å². The number of aliphatic hydroxyl groups excluding tert-OH is 1. The second-order valence-corrected chi connectivity index (χ2v) is 7.89. The van der Waals surface area contributed by atoms with Crippen molar-refractivity contribution >= 4 is 5.91 Å². The molecule has 144 valence electrons. The van der Waals surface area contributed by atoms with Crippen molar-refractivity contribution in [2.45, 2.75) is 45.8 Å². The molecular weight excluding hydrogens is 336 g/mol. The molecule has 27 heavy (non-hydrogen) atoms. The number of allylic oxidation sites excluding steroid dienone is 5. The lowest BCUT2D eigenvalue weighted by Gasteiger charge is -2.41. The van der Waals surface area contributed by atoms with Gasteiger partial charge in [0.05, 0.1) is 6.10 Å². The number of rotatable bonds is 5. The Labute approximate surface area is 162 Å². The summed E-state index contributed by atoms with van der Waals surface area (Å²) in [5.41, 5.74) is 1.67. The topological polar surface area (TPSA) is 62.2 Å². The third-order valence-corrected chi connectivity index (χ3v) is 5.90. The Morgan fingerprint density at radius 2 is 2.22 bits per heavy atom. The van der Waals surface area contributed by atoms with Crippen LogP contribution in [0.2, 0.25) is 0 Å². The molecule has 1 saturated carbocycles. The number of fused-ring (bicyclic) bond motifs is 1. The summed E-state index contributed by atoms with van der Waals surface area (Å²) in [6.07, 6.45) is 16.9. The minimum Gasteiger partial charge on any atom is -0.393 e. The predicted molar refractivity (Wildman–Crippen MR) is 108 cm³/mol. The Bertz CT molecular complexity index is 723. The second kappa shape index (κ2) is 9.14. The van der Waals surface area contributed by atoms with Crippen LogP contribution < -0.4 is 5.32 Å². The fourth-order valence-electron chi connectivity index (χ4n) is 4.27. The van der Waals surface area contributed by atoms with E-state index in [-0.39, 0.29) is 12.0 Å². The number of aliphatic hydroxyl groups is 1. The lowest BCUT2D eigenvalue weighted by molar-refractivity contribution is -0.117. The molecule has 1 amide bonds. The largest absolute Gasteiger partial charge is 0.393 e. The predicted octanol–water partition coefficient (Wildman–Crippen LogP) is 3.80. The van der Waals surface area contributed by atoms with Gasteiger partial charge in [-0.25, -0.2) is 0 Å². The fraction of sp³-hybridized carbons (Fsp3) is 0.478. The SMILES string of the molecule is C/C(=C\C=C\[C@@H]1[C@H]2C[C@@H](O)CC[C@@H]2C=C[C@@H]1C)C(=O)NCc1cccnc1. The summed E-state index contributed by atoms with van der Waals surface area (Å²) >= 11 is 0. The van der Waals surface area contributed by atoms with Crippen molar-refractivity contribution < 1.29 is 9.90 Å². The van der Waals surface area contributed by atoms with E-state index < -0.39 is 0 Å². The van der Waals surface area contributed by atoms with Crippen molar-refractivity contribution in [3.05, 3.63) is 66.0 Å². The number of aromatic nitrogens is 1. The van der Waals surface area contributed by atoms with Gasteiger partial charge in [-0.3, -0.25) is 9.78 Å². The Kier molecular flexibility index (Phi) is 6.62. The smallest absolute Gasteiger partial charge is 0.247 e. The highest BCUT2D eigenvalue weighted by Gasteiger charge is 2.36. The monoisotopic (exact) mass is 366 g/mol. The molecule has 0 spiro atoms. The molecular formula is C23H30N2O2. The molecule has 5 atom stereocenters. The molecule has 0 aliphatic heterocycles. The van der Waals surface area contributed by atoms with E-state index in [2.05, 4.69) is 35.5 Å². The number of carbonyl (C=O) groups is 1. The van der Waals surface area contributed by atoms with Gasteiger partial charge in [-0.1, -0.05) is 43.4 Å². The number of nitrogens with zero attached hydrogens (tertiary/aromatic N) is 1. The van der Waals surface area contributed by atoms with Crippen LogP contribution in [0.15, 0.2) is 60.5 Å². The van der Waals surface area contributed by atoms with Crippen molar-refractivity contribution in [1.29, 1.82) is 0 Å². The third kappa shape index (κ3) is 5.16. The average Bonchev–Trinajstić information content (AvgIpc) is 2.68. The average molecular weight is 367 g/mol. The van der Waals surface area contributed by atoms with Gasteiger partial charge in [-0.05, 0) is 61.5 Å². The highest BCUT2D eigenvalue weighted by Crippen LogP contribution is 2.43. The normalized spacial score (nSPS) is 30.9. The summed E-state index contributed by atoms with van der Waals surface area (Å²) in [6, 6.07) is 3.81. The van der Waals surface area contributed by atoms with Crippen molar-refractivity contribution in [1.82, 2.24) is 10.3 Å². The molecule has 1 aromatic heterocycles. The van der Waals surface area contributed by atoms with Crippen molar-refractivity contribution in [2.75, 3.05) is 0 Å². The zero-order valence-electron chi connectivity index (χ0n) is 16.2.